The van der Waals surface area contributed by atoms with Gasteiger partial charge in [-0.05, 0) is 50.3 Å². The molecule has 0 aromatic heterocycles. The van der Waals surface area contributed by atoms with E-state index >= 15 is 0 Å². The molecular weight excluding hydrogens is 354 g/mol. The Bertz CT molecular complexity index is 820. The number of ether oxygens (including phenoxy) is 1. The van der Waals surface area contributed by atoms with Crippen molar-refractivity contribution in [2.45, 2.75) is 45.3 Å². The second-order valence-corrected chi connectivity index (χ2v) is 7.63. The molecule has 0 aliphatic carbocycles. The normalized spacial score (nSPS) is 12.1. The van der Waals surface area contributed by atoms with Crippen LogP contribution in [0, 0.1) is 0 Å². The predicted molar refractivity (Wildman–Crippen MR) is 110 cm³/mol. The molecule has 1 amide bonds. The van der Waals surface area contributed by atoms with E-state index in [4.69, 9.17) is 4.74 Å². The zero-order valence-electron chi connectivity index (χ0n) is 16.6. The molecule has 2 aromatic rings. The van der Waals surface area contributed by atoms with Gasteiger partial charge in [-0.1, -0.05) is 61.2 Å². The lowest BCUT2D eigenvalue weighted by Crippen LogP contribution is -2.41. The Morgan fingerprint density at radius 1 is 1.04 bits per heavy atom. The lowest BCUT2D eigenvalue weighted by atomic mass is 9.98. The highest BCUT2D eigenvalue weighted by Crippen LogP contribution is 2.20. The van der Waals surface area contributed by atoms with Crippen molar-refractivity contribution in [3.63, 3.8) is 0 Å². The fourth-order valence-electron chi connectivity index (χ4n) is 2.74. The Morgan fingerprint density at radius 3 is 2.14 bits per heavy atom. The summed E-state index contributed by atoms with van der Waals surface area (Å²) in [6, 6.07) is 17.4. The number of carboxylic acids is 1. The molecular formula is C23H27NO4. The third-order valence-electron chi connectivity index (χ3n) is 4.17. The molecule has 0 spiro atoms. The summed E-state index contributed by atoms with van der Waals surface area (Å²) < 4.78 is 5.23. The zero-order chi connectivity index (χ0) is 20.7. The second kappa shape index (κ2) is 9.22. The van der Waals surface area contributed by atoms with Crippen LogP contribution in [0.2, 0.25) is 0 Å². The molecule has 0 aliphatic rings. The minimum absolute atomic E-state index is 0.0632. The maximum atomic E-state index is 12.0. The van der Waals surface area contributed by atoms with Crippen molar-refractivity contribution in [3.05, 3.63) is 72.3 Å². The number of aryl methyl sites for hydroxylation is 1. The number of hydrogen-bond acceptors (Lipinski definition) is 3. The molecule has 0 heterocycles. The Morgan fingerprint density at radius 2 is 1.61 bits per heavy atom. The molecule has 5 heteroatoms. The number of rotatable bonds is 7. The predicted octanol–water partition coefficient (Wildman–Crippen LogP) is 4.82. The first-order valence-corrected chi connectivity index (χ1v) is 9.21. The van der Waals surface area contributed by atoms with E-state index in [-0.39, 0.29) is 5.57 Å². The molecule has 0 saturated heterocycles. The lowest BCUT2D eigenvalue weighted by molar-refractivity contribution is -0.133. The van der Waals surface area contributed by atoms with Crippen LogP contribution in [0.15, 0.2) is 66.7 Å². The van der Waals surface area contributed by atoms with Gasteiger partial charge >= 0.3 is 12.1 Å². The van der Waals surface area contributed by atoms with Crippen molar-refractivity contribution in [1.29, 1.82) is 0 Å². The van der Waals surface area contributed by atoms with Crippen LogP contribution in [0.25, 0.3) is 11.1 Å². The number of hydrogen-bond donors (Lipinski definition) is 2. The van der Waals surface area contributed by atoms with Crippen LogP contribution >= 0.6 is 0 Å². The van der Waals surface area contributed by atoms with Gasteiger partial charge in [-0.3, -0.25) is 0 Å². The van der Waals surface area contributed by atoms with Crippen LogP contribution < -0.4 is 5.32 Å². The summed E-state index contributed by atoms with van der Waals surface area (Å²) >= 11 is 0. The minimum atomic E-state index is -1.14. The molecule has 148 valence electrons. The molecule has 0 radical (unpaired) electrons. The fraction of sp³-hybridized carbons (Fsp3) is 0.304. The first-order chi connectivity index (χ1) is 13.2. The number of nitrogens with one attached hydrogen (secondary N) is 1. The summed E-state index contributed by atoms with van der Waals surface area (Å²) in [6.45, 7) is 8.86. The number of amides is 1. The van der Waals surface area contributed by atoms with E-state index in [1.807, 2.05) is 54.6 Å². The van der Waals surface area contributed by atoms with Crippen LogP contribution in [0.1, 0.15) is 32.8 Å². The summed E-state index contributed by atoms with van der Waals surface area (Å²) in [6.07, 6.45) is 0.357. The zero-order valence-corrected chi connectivity index (χ0v) is 16.6. The third kappa shape index (κ3) is 6.58. The van der Waals surface area contributed by atoms with E-state index in [2.05, 4.69) is 11.9 Å². The van der Waals surface area contributed by atoms with Crippen LogP contribution in [0.4, 0.5) is 4.79 Å². The van der Waals surface area contributed by atoms with E-state index in [0.29, 0.717) is 12.8 Å². The quantitative estimate of drug-likeness (QED) is 0.674. The maximum absolute atomic E-state index is 12.0. The highest BCUT2D eigenvalue weighted by molar-refractivity contribution is 5.88. The number of alkyl carbamates (subject to hydrolysis) is 1. The molecule has 0 unspecified atom stereocenters. The molecule has 1 atom stereocenters. The average molecular weight is 381 g/mol. The van der Waals surface area contributed by atoms with Crippen LogP contribution in [0.3, 0.4) is 0 Å². The monoisotopic (exact) mass is 381 g/mol. The van der Waals surface area contributed by atoms with Gasteiger partial charge in [0, 0.05) is 0 Å². The summed E-state index contributed by atoms with van der Waals surface area (Å²) in [7, 11) is 0. The van der Waals surface area contributed by atoms with Crippen molar-refractivity contribution in [2.75, 3.05) is 0 Å². The number of benzene rings is 2. The molecule has 0 aliphatic heterocycles. The van der Waals surface area contributed by atoms with E-state index in [0.717, 1.165) is 16.7 Å². The van der Waals surface area contributed by atoms with Gasteiger partial charge in [0.1, 0.15) is 5.60 Å². The van der Waals surface area contributed by atoms with Crippen molar-refractivity contribution in [3.8, 4) is 11.1 Å². The highest BCUT2D eigenvalue weighted by atomic mass is 16.6. The second-order valence-electron chi connectivity index (χ2n) is 7.63. The average Bonchev–Trinajstić information content (AvgIpc) is 2.64. The first kappa shape index (κ1) is 21.2. The standard InChI is InChI=1S/C23H27NO4/c1-16(21(25)26)20(24-22(27)28-23(2,3)4)15-12-17-10-13-19(14-11-17)18-8-6-5-7-9-18/h5-11,13-14,20H,1,12,15H2,2-4H3,(H,24,27)(H,25,26)/t20-/m1/s1. The van der Waals surface area contributed by atoms with Crippen molar-refractivity contribution < 1.29 is 19.4 Å². The van der Waals surface area contributed by atoms with E-state index in [1.165, 1.54) is 0 Å². The first-order valence-electron chi connectivity index (χ1n) is 9.21. The fourth-order valence-corrected chi connectivity index (χ4v) is 2.74. The topological polar surface area (TPSA) is 75.6 Å². The molecule has 2 N–H and O–H groups in total. The van der Waals surface area contributed by atoms with Crippen LogP contribution in [-0.2, 0) is 16.0 Å². The lowest BCUT2D eigenvalue weighted by Gasteiger charge is -2.23. The third-order valence-corrected chi connectivity index (χ3v) is 4.17. The Kier molecular flexibility index (Phi) is 6.99. The molecule has 5 nitrogen and oxygen atoms in total. The molecule has 0 saturated carbocycles. The summed E-state index contributed by atoms with van der Waals surface area (Å²) in [5.74, 6) is -1.14. The van der Waals surface area contributed by atoms with Gasteiger partial charge in [0.15, 0.2) is 0 Å². The Labute approximate surface area is 166 Å². The van der Waals surface area contributed by atoms with Gasteiger partial charge in [-0.2, -0.15) is 0 Å². The van der Waals surface area contributed by atoms with Gasteiger partial charge in [0.05, 0.1) is 11.6 Å². The smallest absolute Gasteiger partial charge is 0.408 e. The largest absolute Gasteiger partial charge is 0.478 e. The van der Waals surface area contributed by atoms with Crippen molar-refractivity contribution >= 4 is 12.1 Å². The highest BCUT2D eigenvalue weighted by Gasteiger charge is 2.24. The number of carbonyl (C=O) groups is 2. The molecule has 28 heavy (non-hydrogen) atoms. The van der Waals surface area contributed by atoms with Crippen molar-refractivity contribution in [2.24, 2.45) is 0 Å². The minimum Gasteiger partial charge on any atom is -0.478 e. The SMILES string of the molecule is C=C(C(=O)O)[C@@H](CCc1ccc(-c2ccccc2)cc1)NC(=O)OC(C)(C)C. The maximum Gasteiger partial charge on any atom is 0.408 e. The molecule has 0 fully saturated rings. The van der Waals surface area contributed by atoms with E-state index in [1.54, 1.807) is 20.8 Å². The number of aliphatic carboxylic acids is 1. The molecule has 2 rings (SSSR count). The summed E-state index contributed by atoms with van der Waals surface area (Å²) in [5.41, 5.74) is 2.58. The van der Waals surface area contributed by atoms with Crippen LogP contribution in [0.5, 0.6) is 0 Å². The van der Waals surface area contributed by atoms with E-state index in [9.17, 15) is 14.7 Å². The van der Waals surface area contributed by atoms with Gasteiger partial charge in [-0.15, -0.1) is 0 Å². The molecule has 0 bridgehead atoms. The Balaban J connectivity index is 2.03. The van der Waals surface area contributed by atoms with Gasteiger partial charge in [-0.25, -0.2) is 9.59 Å². The van der Waals surface area contributed by atoms with Gasteiger partial charge in [0.2, 0.25) is 0 Å². The number of carbonyl (C=O) groups excluding carboxylic acids is 1. The van der Waals surface area contributed by atoms with Gasteiger partial charge in [0.25, 0.3) is 0 Å². The Hall–Kier alpha value is -3.08. The summed E-state index contributed by atoms with van der Waals surface area (Å²) in [4.78, 5) is 23.4. The molecule has 2 aromatic carbocycles. The van der Waals surface area contributed by atoms with Crippen LogP contribution in [-0.4, -0.2) is 28.8 Å². The summed E-state index contributed by atoms with van der Waals surface area (Å²) in [5, 5.41) is 11.9. The van der Waals surface area contributed by atoms with E-state index < -0.39 is 23.7 Å². The number of carboxylic acid groups (broad SMARTS) is 1. The van der Waals surface area contributed by atoms with Gasteiger partial charge < -0.3 is 15.2 Å². The van der Waals surface area contributed by atoms with Crippen molar-refractivity contribution in [1.82, 2.24) is 5.32 Å².